The van der Waals surface area contributed by atoms with Crippen molar-refractivity contribution in [1.82, 2.24) is 21.5 Å². The zero-order chi connectivity index (χ0) is 24.4. The highest BCUT2D eigenvalue weighted by molar-refractivity contribution is 7.80. The molecule has 6 nitrogen and oxygen atoms in total. The molecule has 8 heteroatoms. The minimum Gasteiger partial charge on any atom is -0.359 e. The summed E-state index contributed by atoms with van der Waals surface area (Å²) in [6.07, 6.45) is 22.3. The van der Waals surface area contributed by atoms with Crippen molar-refractivity contribution in [2.45, 2.75) is 142 Å². The van der Waals surface area contributed by atoms with Gasteiger partial charge in [-0.05, 0) is 89.6 Å². The Morgan fingerprint density at radius 3 is 1.32 bits per heavy atom. The summed E-state index contributed by atoms with van der Waals surface area (Å²) >= 11 is 10.8. The molecule has 0 spiro atoms. The van der Waals surface area contributed by atoms with E-state index < -0.39 is 0 Å². The first-order valence-electron chi connectivity index (χ1n) is 13.7. The number of hydrogen-bond donors (Lipinski definition) is 4. The van der Waals surface area contributed by atoms with Crippen molar-refractivity contribution >= 4 is 46.1 Å². The molecule has 2 aliphatic carbocycles. The third kappa shape index (κ3) is 14.2. The van der Waals surface area contributed by atoms with Crippen molar-refractivity contribution in [2.24, 2.45) is 10.2 Å². The molecule has 2 saturated carbocycles. The van der Waals surface area contributed by atoms with E-state index in [1.165, 1.54) is 103 Å². The van der Waals surface area contributed by atoms with Crippen molar-refractivity contribution in [3.63, 3.8) is 0 Å². The number of hydrogen-bond acceptors (Lipinski definition) is 4. The lowest BCUT2D eigenvalue weighted by Gasteiger charge is -2.23. The standard InChI is InChI=1S/C26H48N6S2/c1-21(29-31-25(33)27-23-17-11-7-12-18-23)15-9-5-3-4-6-10-16-22(2)30-32-26(34)28-24-19-13-8-14-20-24/h23-24H,3-20H2,1-2H3,(H2,27,31,33)(H2,28,32,34)/b29-21-,30-22+. The normalized spacial score (nSPS) is 18.4. The molecule has 0 heterocycles. The van der Waals surface area contributed by atoms with Gasteiger partial charge in [0.1, 0.15) is 0 Å². The van der Waals surface area contributed by atoms with Crippen LogP contribution in [0, 0.1) is 0 Å². The maximum Gasteiger partial charge on any atom is 0.187 e. The van der Waals surface area contributed by atoms with E-state index in [1.807, 2.05) is 0 Å². The molecule has 0 saturated heterocycles. The SMILES string of the molecule is C/C(CCCCCCCC/C(C)=N/NC(=S)NC1CCCCC1)=N/NC(=S)NC1CCCCC1. The van der Waals surface area contributed by atoms with Crippen molar-refractivity contribution in [2.75, 3.05) is 0 Å². The van der Waals surface area contributed by atoms with Crippen LogP contribution in [0.15, 0.2) is 10.2 Å². The summed E-state index contributed by atoms with van der Waals surface area (Å²) in [6.45, 7) is 4.17. The lowest BCUT2D eigenvalue weighted by atomic mass is 9.96. The highest BCUT2D eigenvalue weighted by Crippen LogP contribution is 2.18. The number of hydrazone groups is 2. The molecule has 0 aromatic rings. The molecule has 0 unspecified atom stereocenters. The van der Waals surface area contributed by atoms with Gasteiger partial charge in [0.2, 0.25) is 0 Å². The van der Waals surface area contributed by atoms with Gasteiger partial charge in [-0.1, -0.05) is 64.2 Å². The average molecular weight is 509 g/mol. The number of thiocarbonyl (C=S) groups is 2. The summed E-state index contributed by atoms with van der Waals surface area (Å²) in [5, 5.41) is 17.0. The fourth-order valence-electron chi connectivity index (χ4n) is 4.80. The minimum atomic E-state index is 0.524. The van der Waals surface area contributed by atoms with Crippen LogP contribution in [-0.4, -0.2) is 33.7 Å². The summed E-state index contributed by atoms with van der Waals surface area (Å²) in [5.74, 6) is 0. The predicted molar refractivity (Wildman–Crippen MR) is 155 cm³/mol. The fraction of sp³-hybridized carbons (Fsp3) is 0.846. The summed E-state index contributed by atoms with van der Waals surface area (Å²) in [5.41, 5.74) is 8.31. The zero-order valence-corrected chi connectivity index (χ0v) is 23.2. The Morgan fingerprint density at radius 1 is 0.588 bits per heavy atom. The molecule has 0 aromatic heterocycles. The van der Waals surface area contributed by atoms with Gasteiger partial charge in [-0.2, -0.15) is 10.2 Å². The van der Waals surface area contributed by atoms with Gasteiger partial charge in [0.15, 0.2) is 10.2 Å². The Balaban J connectivity index is 1.41. The van der Waals surface area contributed by atoms with Crippen LogP contribution in [0.3, 0.4) is 0 Å². The smallest absolute Gasteiger partial charge is 0.187 e. The van der Waals surface area contributed by atoms with E-state index in [0.29, 0.717) is 22.3 Å². The van der Waals surface area contributed by atoms with Gasteiger partial charge in [0.05, 0.1) is 0 Å². The largest absolute Gasteiger partial charge is 0.359 e. The second-order valence-corrected chi connectivity index (χ2v) is 11.0. The Bertz CT molecular complexity index is 596. The Labute approximate surface area is 218 Å². The van der Waals surface area contributed by atoms with Crippen molar-refractivity contribution in [3.05, 3.63) is 0 Å². The molecular weight excluding hydrogens is 460 g/mol. The van der Waals surface area contributed by atoms with Crippen molar-refractivity contribution in [1.29, 1.82) is 0 Å². The van der Waals surface area contributed by atoms with Gasteiger partial charge in [0.25, 0.3) is 0 Å². The first-order chi connectivity index (χ1) is 16.5. The van der Waals surface area contributed by atoms with Gasteiger partial charge in [0, 0.05) is 23.5 Å². The predicted octanol–water partition coefficient (Wildman–Crippen LogP) is 6.45. The third-order valence-corrected chi connectivity index (χ3v) is 7.32. The van der Waals surface area contributed by atoms with Crippen molar-refractivity contribution in [3.8, 4) is 0 Å². The molecule has 0 aliphatic heterocycles. The van der Waals surface area contributed by atoms with Gasteiger partial charge >= 0.3 is 0 Å². The van der Waals surface area contributed by atoms with Crippen LogP contribution in [-0.2, 0) is 0 Å². The summed E-state index contributed by atoms with van der Waals surface area (Å²) < 4.78 is 0. The Hall–Kier alpha value is -1.28. The Morgan fingerprint density at radius 2 is 0.941 bits per heavy atom. The monoisotopic (exact) mass is 508 g/mol. The molecule has 0 bridgehead atoms. The molecule has 4 N–H and O–H groups in total. The first kappa shape index (κ1) is 29.0. The van der Waals surface area contributed by atoms with Crippen LogP contribution in [0.1, 0.15) is 129 Å². The average Bonchev–Trinajstić information content (AvgIpc) is 2.84. The van der Waals surface area contributed by atoms with Gasteiger partial charge in [-0.25, -0.2) is 0 Å². The second-order valence-electron chi connectivity index (χ2n) is 10.2. The van der Waals surface area contributed by atoms with Gasteiger partial charge < -0.3 is 10.6 Å². The molecular formula is C26H48N6S2. The fourth-order valence-corrected chi connectivity index (χ4v) is 5.23. The number of nitrogens with zero attached hydrogens (tertiary/aromatic N) is 2. The maximum atomic E-state index is 5.38. The first-order valence-corrected chi connectivity index (χ1v) is 14.5. The van der Waals surface area contributed by atoms with Crippen LogP contribution < -0.4 is 21.5 Å². The maximum absolute atomic E-state index is 5.38. The van der Waals surface area contributed by atoms with Crippen LogP contribution in [0.5, 0.6) is 0 Å². The molecule has 194 valence electrons. The van der Waals surface area contributed by atoms with Crippen molar-refractivity contribution < 1.29 is 0 Å². The van der Waals surface area contributed by atoms with Crippen LogP contribution in [0.25, 0.3) is 0 Å². The molecule has 0 radical (unpaired) electrons. The van der Waals surface area contributed by atoms with E-state index in [9.17, 15) is 0 Å². The molecule has 0 amide bonds. The van der Waals surface area contributed by atoms with Crippen LogP contribution in [0.4, 0.5) is 0 Å². The Kier molecular flexibility index (Phi) is 15.4. The number of nitrogens with one attached hydrogen (secondary N) is 4. The van der Waals surface area contributed by atoms with Crippen LogP contribution in [0.2, 0.25) is 0 Å². The highest BCUT2D eigenvalue weighted by atomic mass is 32.1. The summed E-state index contributed by atoms with van der Waals surface area (Å²) in [6, 6.07) is 1.05. The topological polar surface area (TPSA) is 72.8 Å². The van der Waals surface area contributed by atoms with E-state index in [4.69, 9.17) is 24.4 Å². The van der Waals surface area contributed by atoms with Crippen LogP contribution >= 0.6 is 24.4 Å². The van der Waals surface area contributed by atoms with E-state index in [0.717, 1.165) is 24.3 Å². The lowest BCUT2D eigenvalue weighted by Crippen LogP contribution is -2.41. The molecule has 2 rings (SSSR count). The van der Waals surface area contributed by atoms with E-state index in [2.05, 4.69) is 45.5 Å². The van der Waals surface area contributed by atoms with Gasteiger partial charge in [-0.15, -0.1) is 0 Å². The molecule has 34 heavy (non-hydrogen) atoms. The molecule has 2 fully saturated rings. The molecule has 2 aliphatic rings. The van der Waals surface area contributed by atoms with E-state index in [-0.39, 0.29) is 0 Å². The summed E-state index contributed by atoms with van der Waals surface area (Å²) in [7, 11) is 0. The second kappa shape index (κ2) is 18.1. The number of unbranched alkanes of at least 4 members (excludes halogenated alkanes) is 5. The quantitative estimate of drug-likeness (QED) is 0.0991. The lowest BCUT2D eigenvalue weighted by molar-refractivity contribution is 0.412. The minimum absolute atomic E-state index is 0.524. The number of rotatable bonds is 13. The van der Waals surface area contributed by atoms with Gasteiger partial charge in [-0.3, -0.25) is 10.9 Å². The molecule has 0 aromatic carbocycles. The highest BCUT2D eigenvalue weighted by Gasteiger charge is 2.14. The van der Waals surface area contributed by atoms with E-state index >= 15 is 0 Å². The molecule has 0 atom stereocenters. The third-order valence-electron chi connectivity index (χ3n) is 6.90. The van der Waals surface area contributed by atoms with E-state index in [1.54, 1.807) is 0 Å². The zero-order valence-electron chi connectivity index (χ0n) is 21.6. The summed E-state index contributed by atoms with van der Waals surface area (Å²) in [4.78, 5) is 0.